The number of hydrogen-bond acceptors (Lipinski definition) is 2. The Kier molecular flexibility index (Phi) is 5.81. The van der Waals surface area contributed by atoms with Crippen LogP contribution < -0.4 is 5.32 Å². The van der Waals surface area contributed by atoms with Crippen LogP contribution in [-0.4, -0.2) is 16.3 Å². The predicted molar refractivity (Wildman–Crippen MR) is 89.8 cm³/mol. The van der Waals surface area contributed by atoms with Gasteiger partial charge in [-0.25, -0.2) is 0 Å². The lowest BCUT2D eigenvalue weighted by Crippen LogP contribution is -2.26. The van der Waals surface area contributed by atoms with E-state index in [2.05, 4.69) is 73.5 Å². The van der Waals surface area contributed by atoms with Gasteiger partial charge in [-0.15, -0.1) is 0 Å². The summed E-state index contributed by atoms with van der Waals surface area (Å²) < 4.78 is 4.11. The van der Waals surface area contributed by atoms with Gasteiger partial charge in [0.05, 0.1) is 22.4 Å². The molecule has 0 aliphatic rings. The summed E-state index contributed by atoms with van der Waals surface area (Å²) in [4.78, 5) is 0. The van der Waals surface area contributed by atoms with Crippen molar-refractivity contribution >= 4 is 31.9 Å². The molecule has 0 spiro atoms. The SMILES string of the molecule is CCCNC(Cc1ccc(Br)cc1)c1c(Br)cnn1C. The van der Waals surface area contributed by atoms with Crippen molar-refractivity contribution in [3.63, 3.8) is 0 Å². The van der Waals surface area contributed by atoms with Crippen molar-refractivity contribution in [1.29, 1.82) is 0 Å². The van der Waals surface area contributed by atoms with E-state index >= 15 is 0 Å². The molecule has 1 heterocycles. The smallest absolute Gasteiger partial charge is 0.0695 e. The van der Waals surface area contributed by atoms with Crippen LogP contribution in [0.15, 0.2) is 39.4 Å². The molecule has 1 atom stereocenters. The standard InChI is InChI=1S/C15H19Br2N3/c1-3-8-18-14(15-13(17)10-19-20(15)2)9-11-4-6-12(16)7-5-11/h4-7,10,14,18H,3,8-9H2,1-2H3. The zero-order valence-corrected chi connectivity index (χ0v) is 14.9. The van der Waals surface area contributed by atoms with Crippen molar-refractivity contribution in [3.8, 4) is 0 Å². The molecule has 1 unspecified atom stereocenters. The molecule has 3 nitrogen and oxygen atoms in total. The number of halogens is 2. The fourth-order valence-corrected chi connectivity index (χ4v) is 3.14. The second-order valence-electron chi connectivity index (χ2n) is 4.84. The molecule has 5 heteroatoms. The average Bonchev–Trinajstić information content (AvgIpc) is 2.77. The molecule has 1 aromatic heterocycles. The average molecular weight is 401 g/mol. The Hall–Kier alpha value is -0.650. The molecule has 0 fully saturated rings. The zero-order valence-electron chi connectivity index (χ0n) is 11.7. The molecule has 0 amide bonds. The van der Waals surface area contributed by atoms with Crippen molar-refractivity contribution in [2.24, 2.45) is 7.05 Å². The Morgan fingerprint density at radius 1 is 1.25 bits per heavy atom. The fourth-order valence-electron chi connectivity index (χ4n) is 2.25. The summed E-state index contributed by atoms with van der Waals surface area (Å²) in [5.74, 6) is 0. The number of aryl methyl sites for hydroxylation is 1. The van der Waals surface area contributed by atoms with E-state index in [4.69, 9.17) is 0 Å². The highest BCUT2D eigenvalue weighted by Gasteiger charge is 2.18. The van der Waals surface area contributed by atoms with Gasteiger partial charge in [0.2, 0.25) is 0 Å². The van der Waals surface area contributed by atoms with Crippen molar-refractivity contribution in [2.75, 3.05) is 6.54 Å². The Labute approximate surface area is 137 Å². The van der Waals surface area contributed by atoms with Gasteiger partial charge in [-0.1, -0.05) is 35.0 Å². The normalized spacial score (nSPS) is 12.6. The van der Waals surface area contributed by atoms with Gasteiger partial charge in [-0.2, -0.15) is 5.10 Å². The van der Waals surface area contributed by atoms with Crippen LogP contribution in [0.25, 0.3) is 0 Å². The Balaban J connectivity index is 2.21. The van der Waals surface area contributed by atoms with Crippen LogP contribution in [0.4, 0.5) is 0 Å². The molecule has 0 aliphatic carbocycles. The molecule has 0 aliphatic heterocycles. The maximum Gasteiger partial charge on any atom is 0.0695 e. The zero-order chi connectivity index (χ0) is 14.5. The molecule has 2 rings (SSSR count). The van der Waals surface area contributed by atoms with Gasteiger partial charge in [0.1, 0.15) is 0 Å². The summed E-state index contributed by atoms with van der Waals surface area (Å²) in [6.45, 7) is 3.18. The Bertz CT molecular complexity index is 529. The number of rotatable bonds is 6. The van der Waals surface area contributed by atoms with Gasteiger partial charge in [0.25, 0.3) is 0 Å². The summed E-state index contributed by atoms with van der Waals surface area (Å²) in [6, 6.07) is 8.76. The molecule has 2 aromatic rings. The highest BCUT2D eigenvalue weighted by molar-refractivity contribution is 9.10. The van der Waals surface area contributed by atoms with E-state index in [0.29, 0.717) is 0 Å². The van der Waals surface area contributed by atoms with Crippen LogP contribution in [0.2, 0.25) is 0 Å². The van der Waals surface area contributed by atoms with Crippen LogP contribution in [-0.2, 0) is 13.5 Å². The lowest BCUT2D eigenvalue weighted by atomic mass is 10.0. The fraction of sp³-hybridized carbons (Fsp3) is 0.400. The first-order valence-corrected chi connectivity index (χ1v) is 8.35. The summed E-state index contributed by atoms with van der Waals surface area (Å²) >= 11 is 7.08. The van der Waals surface area contributed by atoms with E-state index in [1.54, 1.807) is 0 Å². The number of nitrogens with one attached hydrogen (secondary N) is 1. The summed E-state index contributed by atoms with van der Waals surface area (Å²) in [5.41, 5.74) is 2.51. The predicted octanol–water partition coefficient (Wildman–Crippen LogP) is 4.23. The molecule has 0 saturated heterocycles. The third-order valence-corrected chi connectivity index (χ3v) is 4.40. The first-order chi connectivity index (χ1) is 9.61. The van der Waals surface area contributed by atoms with Gasteiger partial charge in [0.15, 0.2) is 0 Å². The summed E-state index contributed by atoms with van der Waals surface area (Å²) in [7, 11) is 1.99. The van der Waals surface area contributed by atoms with Crippen molar-refractivity contribution < 1.29 is 0 Å². The van der Waals surface area contributed by atoms with Crippen LogP contribution in [0.5, 0.6) is 0 Å². The van der Waals surface area contributed by atoms with Crippen LogP contribution in [0.3, 0.4) is 0 Å². The third kappa shape index (κ3) is 3.93. The van der Waals surface area contributed by atoms with Crippen LogP contribution in [0.1, 0.15) is 30.6 Å². The maximum atomic E-state index is 4.32. The molecule has 20 heavy (non-hydrogen) atoms. The van der Waals surface area contributed by atoms with E-state index in [0.717, 1.165) is 28.3 Å². The number of nitrogens with zero attached hydrogens (tertiary/aromatic N) is 2. The Morgan fingerprint density at radius 2 is 1.95 bits per heavy atom. The molecule has 0 radical (unpaired) electrons. The van der Waals surface area contributed by atoms with Gasteiger partial charge < -0.3 is 5.32 Å². The van der Waals surface area contributed by atoms with Crippen molar-refractivity contribution in [2.45, 2.75) is 25.8 Å². The highest BCUT2D eigenvalue weighted by atomic mass is 79.9. The lowest BCUT2D eigenvalue weighted by molar-refractivity contribution is 0.492. The monoisotopic (exact) mass is 399 g/mol. The molecule has 108 valence electrons. The van der Waals surface area contributed by atoms with Gasteiger partial charge >= 0.3 is 0 Å². The van der Waals surface area contributed by atoms with E-state index in [1.165, 1.54) is 11.3 Å². The van der Waals surface area contributed by atoms with Gasteiger partial charge in [-0.3, -0.25) is 4.68 Å². The van der Waals surface area contributed by atoms with Gasteiger partial charge in [-0.05, 0) is 53.0 Å². The number of aromatic nitrogens is 2. The topological polar surface area (TPSA) is 29.9 Å². The van der Waals surface area contributed by atoms with E-state index in [1.807, 2.05) is 17.9 Å². The first kappa shape index (κ1) is 15.7. The molecular formula is C15H19Br2N3. The molecule has 0 bridgehead atoms. The number of hydrogen-bond donors (Lipinski definition) is 1. The molecular weight excluding hydrogens is 382 g/mol. The minimum absolute atomic E-state index is 0.262. The van der Waals surface area contributed by atoms with Crippen LogP contribution in [0, 0.1) is 0 Å². The second kappa shape index (κ2) is 7.38. The summed E-state index contributed by atoms with van der Waals surface area (Å²) in [5, 5.41) is 7.94. The van der Waals surface area contributed by atoms with E-state index in [-0.39, 0.29) is 6.04 Å². The molecule has 0 saturated carbocycles. The largest absolute Gasteiger partial charge is 0.308 e. The highest BCUT2D eigenvalue weighted by Crippen LogP contribution is 2.26. The van der Waals surface area contributed by atoms with Crippen molar-refractivity contribution in [1.82, 2.24) is 15.1 Å². The maximum absolute atomic E-state index is 4.32. The van der Waals surface area contributed by atoms with E-state index < -0.39 is 0 Å². The first-order valence-electron chi connectivity index (χ1n) is 6.77. The van der Waals surface area contributed by atoms with Crippen molar-refractivity contribution in [3.05, 3.63) is 50.7 Å². The number of benzene rings is 1. The summed E-state index contributed by atoms with van der Waals surface area (Å²) in [6.07, 6.45) is 3.93. The molecule has 1 N–H and O–H groups in total. The Morgan fingerprint density at radius 3 is 2.50 bits per heavy atom. The van der Waals surface area contributed by atoms with Gasteiger partial charge in [0, 0.05) is 11.5 Å². The lowest BCUT2D eigenvalue weighted by Gasteiger charge is -2.20. The van der Waals surface area contributed by atoms with E-state index in [9.17, 15) is 0 Å². The minimum Gasteiger partial charge on any atom is -0.308 e. The third-order valence-electron chi connectivity index (χ3n) is 3.26. The molecule has 1 aromatic carbocycles. The minimum atomic E-state index is 0.262. The second-order valence-corrected chi connectivity index (χ2v) is 6.61. The van der Waals surface area contributed by atoms with Crippen LogP contribution >= 0.6 is 31.9 Å². The quantitative estimate of drug-likeness (QED) is 0.786.